The number of ketones is 1. The lowest BCUT2D eigenvalue weighted by atomic mass is 9.74. The molecule has 0 amide bonds. The zero-order valence-electron chi connectivity index (χ0n) is 12.1. The van der Waals surface area contributed by atoms with Crippen LogP contribution >= 0.6 is 0 Å². The molecule has 1 unspecified atom stereocenters. The van der Waals surface area contributed by atoms with Crippen molar-refractivity contribution in [3.8, 4) is 0 Å². The Morgan fingerprint density at radius 1 is 1.15 bits per heavy atom. The molecule has 1 aromatic carbocycles. The number of ether oxygens (including phenoxy) is 1. The van der Waals surface area contributed by atoms with Crippen LogP contribution < -0.4 is 0 Å². The average molecular weight is 272 g/mol. The van der Waals surface area contributed by atoms with Crippen molar-refractivity contribution in [2.24, 2.45) is 5.92 Å². The SMILES string of the molecule is O=C(Cc1ccccc1)C1CCOC2(CCCCC2)C1. The minimum atomic E-state index is 0.0352. The second-order valence-electron chi connectivity index (χ2n) is 6.41. The molecule has 1 aromatic rings. The third-order valence-corrected chi connectivity index (χ3v) is 4.93. The van der Waals surface area contributed by atoms with Gasteiger partial charge in [0.15, 0.2) is 0 Å². The Hall–Kier alpha value is -1.15. The monoisotopic (exact) mass is 272 g/mol. The molecule has 1 saturated heterocycles. The van der Waals surface area contributed by atoms with Crippen LogP contribution in [0.4, 0.5) is 0 Å². The molecule has 2 heteroatoms. The van der Waals surface area contributed by atoms with Gasteiger partial charge < -0.3 is 4.74 Å². The molecule has 3 rings (SSSR count). The van der Waals surface area contributed by atoms with Crippen LogP contribution in [-0.4, -0.2) is 18.0 Å². The van der Waals surface area contributed by atoms with E-state index in [4.69, 9.17) is 4.74 Å². The van der Waals surface area contributed by atoms with E-state index in [9.17, 15) is 4.79 Å². The van der Waals surface area contributed by atoms with Crippen molar-refractivity contribution < 1.29 is 9.53 Å². The number of rotatable bonds is 3. The minimum Gasteiger partial charge on any atom is -0.375 e. The predicted molar refractivity (Wildman–Crippen MR) is 79.6 cm³/mol. The van der Waals surface area contributed by atoms with Gasteiger partial charge in [-0.25, -0.2) is 0 Å². The van der Waals surface area contributed by atoms with Gasteiger partial charge in [0.2, 0.25) is 0 Å². The van der Waals surface area contributed by atoms with Gasteiger partial charge in [0.05, 0.1) is 5.60 Å². The second-order valence-corrected chi connectivity index (χ2v) is 6.41. The maximum absolute atomic E-state index is 12.5. The quantitative estimate of drug-likeness (QED) is 0.833. The Labute approximate surface area is 121 Å². The molecule has 2 nitrogen and oxygen atoms in total. The standard InChI is InChI=1S/C18H24O2/c19-17(13-15-7-3-1-4-8-15)16-9-12-20-18(14-16)10-5-2-6-11-18/h1,3-4,7-8,16H,2,5-6,9-14H2. The summed E-state index contributed by atoms with van der Waals surface area (Å²) in [7, 11) is 0. The molecule has 1 aliphatic carbocycles. The summed E-state index contributed by atoms with van der Waals surface area (Å²) in [6.45, 7) is 0.769. The molecule has 1 aliphatic heterocycles. The zero-order chi connectivity index (χ0) is 13.8. The van der Waals surface area contributed by atoms with Crippen molar-refractivity contribution in [3.63, 3.8) is 0 Å². The molecule has 0 radical (unpaired) electrons. The summed E-state index contributed by atoms with van der Waals surface area (Å²) in [6.07, 6.45) is 8.62. The largest absolute Gasteiger partial charge is 0.375 e. The normalized spacial score (nSPS) is 25.5. The third kappa shape index (κ3) is 3.12. The molecule has 0 N–H and O–H groups in total. The number of Topliss-reactive ketones (excluding diaryl/α,β-unsaturated/α-hetero) is 1. The van der Waals surface area contributed by atoms with Crippen LogP contribution in [-0.2, 0) is 16.0 Å². The van der Waals surface area contributed by atoms with E-state index in [0.29, 0.717) is 12.2 Å². The fraction of sp³-hybridized carbons (Fsp3) is 0.611. The van der Waals surface area contributed by atoms with E-state index in [2.05, 4.69) is 0 Å². The summed E-state index contributed by atoms with van der Waals surface area (Å²) in [4.78, 5) is 12.5. The Kier molecular flexibility index (Phi) is 4.21. The van der Waals surface area contributed by atoms with Gasteiger partial charge in [-0.2, -0.15) is 0 Å². The Balaban J connectivity index is 1.63. The second kappa shape index (κ2) is 6.09. The highest BCUT2D eigenvalue weighted by Crippen LogP contribution is 2.41. The summed E-state index contributed by atoms with van der Waals surface area (Å²) < 4.78 is 6.08. The fourth-order valence-corrected chi connectivity index (χ4v) is 3.79. The lowest BCUT2D eigenvalue weighted by Crippen LogP contribution is -2.43. The molecule has 1 heterocycles. The van der Waals surface area contributed by atoms with Crippen molar-refractivity contribution in [1.82, 2.24) is 0 Å². The van der Waals surface area contributed by atoms with Gasteiger partial charge in [-0.05, 0) is 31.2 Å². The van der Waals surface area contributed by atoms with Crippen molar-refractivity contribution in [3.05, 3.63) is 35.9 Å². The molecule has 0 aromatic heterocycles. The van der Waals surface area contributed by atoms with Gasteiger partial charge in [0, 0.05) is 18.9 Å². The van der Waals surface area contributed by atoms with E-state index < -0.39 is 0 Å². The van der Waals surface area contributed by atoms with Crippen molar-refractivity contribution in [1.29, 1.82) is 0 Å². The van der Waals surface area contributed by atoms with Crippen LogP contribution in [0.25, 0.3) is 0 Å². The van der Waals surface area contributed by atoms with Crippen LogP contribution in [0.15, 0.2) is 30.3 Å². The Bertz CT molecular complexity index is 440. The number of hydrogen-bond acceptors (Lipinski definition) is 2. The van der Waals surface area contributed by atoms with Gasteiger partial charge in [-0.15, -0.1) is 0 Å². The zero-order valence-corrected chi connectivity index (χ0v) is 12.1. The Morgan fingerprint density at radius 2 is 1.90 bits per heavy atom. The number of benzene rings is 1. The molecular formula is C18H24O2. The smallest absolute Gasteiger partial charge is 0.140 e. The highest BCUT2D eigenvalue weighted by atomic mass is 16.5. The topological polar surface area (TPSA) is 26.3 Å². The van der Waals surface area contributed by atoms with E-state index in [-0.39, 0.29) is 11.5 Å². The number of carbonyl (C=O) groups excluding carboxylic acids is 1. The number of hydrogen-bond donors (Lipinski definition) is 0. The van der Waals surface area contributed by atoms with Crippen LogP contribution in [0, 0.1) is 5.92 Å². The summed E-state index contributed by atoms with van der Waals surface area (Å²) >= 11 is 0. The molecule has 1 spiro atoms. The first-order valence-electron chi connectivity index (χ1n) is 7.98. The molecule has 0 bridgehead atoms. The molecule has 1 saturated carbocycles. The molecule has 2 fully saturated rings. The summed E-state index contributed by atoms with van der Waals surface area (Å²) in [6, 6.07) is 10.1. The molecule has 20 heavy (non-hydrogen) atoms. The van der Waals surface area contributed by atoms with E-state index in [1.54, 1.807) is 0 Å². The van der Waals surface area contributed by atoms with Gasteiger partial charge >= 0.3 is 0 Å². The van der Waals surface area contributed by atoms with Crippen molar-refractivity contribution in [2.45, 2.75) is 57.0 Å². The first-order chi connectivity index (χ1) is 9.77. The van der Waals surface area contributed by atoms with Crippen LogP contribution in [0.5, 0.6) is 0 Å². The molecule has 1 atom stereocenters. The van der Waals surface area contributed by atoms with Crippen LogP contribution in [0.2, 0.25) is 0 Å². The Morgan fingerprint density at radius 3 is 2.65 bits per heavy atom. The van der Waals surface area contributed by atoms with Gasteiger partial charge in [-0.1, -0.05) is 49.6 Å². The highest BCUT2D eigenvalue weighted by Gasteiger charge is 2.40. The van der Waals surface area contributed by atoms with Gasteiger partial charge in [-0.3, -0.25) is 4.79 Å². The molecule has 108 valence electrons. The van der Waals surface area contributed by atoms with Crippen LogP contribution in [0.1, 0.15) is 50.5 Å². The van der Waals surface area contributed by atoms with E-state index >= 15 is 0 Å². The average Bonchev–Trinajstić information content (AvgIpc) is 2.49. The van der Waals surface area contributed by atoms with E-state index in [0.717, 1.165) is 37.9 Å². The van der Waals surface area contributed by atoms with Crippen molar-refractivity contribution in [2.75, 3.05) is 6.61 Å². The number of carbonyl (C=O) groups is 1. The fourth-order valence-electron chi connectivity index (χ4n) is 3.79. The summed E-state index contributed by atoms with van der Waals surface area (Å²) in [5.41, 5.74) is 1.18. The summed E-state index contributed by atoms with van der Waals surface area (Å²) in [5, 5.41) is 0. The van der Waals surface area contributed by atoms with Gasteiger partial charge in [0.1, 0.15) is 5.78 Å². The first kappa shape index (κ1) is 13.8. The lowest BCUT2D eigenvalue weighted by molar-refractivity contribution is -0.142. The van der Waals surface area contributed by atoms with Crippen LogP contribution in [0.3, 0.4) is 0 Å². The maximum Gasteiger partial charge on any atom is 0.140 e. The highest BCUT2D eigenvalue weighted by molar-refractivity contribution is 5.83. The third-order valence-electron chi connectivity index (χ3n) is 4.93. The molecular weight excluding hydrogens is 248 g/mol. The summed E-state index contributed by atoms with van der Waals surface area (Å²) in [5.74, 6) is 0.617. The van der Waals surface area contributed by atoms with Gasteiger partial charge in [0.25, 0.3) is 0 Å². The van der Waals surface area contributed by atoms with Crippen molar-refractivity contribution >= 4 is 5.78 Å². The first-order valence-corrected chi connectivity index (χ1v) is 7.98. The minimum absolute atomic E-state index is 0.0352. The van der Waals surface area contributed by atoms with E-state index in [1.807, 2.05) is 30.3 Å². The lowest BCUT2D eigenvalue weighted by Gasteiger charge is -2.43. The predicted octanol–water partition coefficient (Wildman–Crippen LogP) is 3.93. The molecule has 2 aliphatic rings. The van der Waals surface area contributed by atoms with E-state index in [1.165, 1.54) is 19.3 Å². The maximum atomic E-state index is 12.5.